The Hall–Kier alpha value is -2.44. The zero-order chi connectivity index (χ0) is 21.8. The third kappa shape index (κ3) is 5.08. The summed E-state index contributed by atoms with van der Waals surface area (Å²) in [6.07, 6.45) is 3.38. The molecule has 1 N–H and O–H groups in total. The number of carbonyl (C=O) groups is 1. The highest BCUT2D eigenvalue weighted by molar-refractivity contribution is 5.90. The summed E-state index contributed by atoms with van der Waals surface area (Å²) in [5.41, 5.74) is 3.10. The standard InChI is InChI=1S/C25H31FN2O3/c1-2-22-17-28(25(30)31-22)21-7-8-23(24(26)15-21)20-5-3-19(4-6-20)16-27-12-9-18(10-13-27)11-14-29/h3-8,15,18,22,29H,2,9-14,16-17H2,1H3/t22-/m0/s1. The Balaban J connectivity index is 1.39. The van der Waals surface area contributed by atoms with Gasteiger partial charge in [0.2, 0.25) is 0 Å². The first-order valence-corrected chi connectivity index (χ1v) is 11.3. The monoisotopic (exact) mass is 426 g/mol. The zero-order valence-corrected chi connectivity index (χ0v) is 18.1. The number of amides is 1. The van der Waals surface area contributed by atoms with Gasteiger partial charge < -0.3 is 9.84 Å². The number of carbonyl (C=O) groups excluding carboxylic acids is 1. The van der Waals surface area contributed by atoms with Gasteiger partial charge in [-0.3, -0.25) is 9.80 Å². The lowest BCUT2D eigenvalue weighted by molar-refractivity contribution is 0.139. The molecule has 0 radical (unpaired) electrons. The molecule has 2 aliphatic rings. The van der Waals surface area contributed by atoms with Gasteiger partial charge in [0.05, 0.1) is 12.2 Å². The number of ether oxygens (including phenoxy) is 1. The fourth-order valence-corrected chi connectivity index (χ4v) is 4.51. The van der Waals surface area contributed by atoms with E-state index in [1.165, 1.54) is 16.5 Å². The molecule has 1 atom stereocenters. The number of aliphatic hydroxyl groups excluding tert-OH is 1. The number of piperidine rings is 1. The van der Waals surface area contributed by atoms with E-state index in [-0.39, 0.29) is 18.5 Å². The SMILES string of the molecule is CC[C@H]1CN(c2ccc(-c3ccc(CN4CCC(CCO)CC4)cc3)c(F)c2)C(=O)O1. The Morgan fingerprint density at radius 3 is 2.48 bits per heavy atom. The van der Waals surface area contributed by atoms with Gasteiger partial charge in [0.25, 0.3) is 0 Å². The molecule has 0 bridgehead atoms. The highest BCUT2D eigenvalue weighted by Crippen LogP contribution is 2.30. The number of anilines is 1. The van der Waals surface area contributed by atoms with Gasteiger partial charge >= 0.3 is 6.09 Å². The Morgan fingerprint density at radius 2 is 1.87 bits per heavy atom. The Labute approximate surface area is 183 Å². The minimum absolute atomic E-state index is 0.136. The molecule has 5 nitrogen and oxygen atoms in total. The summed E-state index contributed by atoms with van der Waals surface area (Å²) in [5, 5.41) is 9.10. The van der Waals surface area contributed by atoms with Crippen molar-refractivity contribution < 1.29 is 19.0 Å². The van der Waals surface area contributed by atoms with Crippen molar-refractivity contribution in [3.8, 4) is 11.1 Å². The second-order valence-electron chi connectivity index (χ2n) is 8.62. The van der Waals surface area contributed by atoms with Crippen LogP contribution in [0.15, 0.2) is 42.5 Å². The molecule has 0 saturated carbocycles. The minimum Gasteiger partial charge on any atom is -0.444 e. The summed E-state index contributed by atoms with van der Waals surface area (Å²) >= 11 is 0. The van der Waals surface area contributed by atoms with E-state index in [1.807, 2.05) is 19.1 Å². The number of halogens is 1. The van der Waals surface area contributed by atoms with Gasteiger partial charge in [-0.2, -0.15) is 0 Å². The first-order chi connectivity index (χ1) is 15.1. The van der Waals surface area contributed by atoms with Crippen molar-refractivity contribution in [1.29, 1.82) is 0 Å². The van der Waals surface area contributed by atoms with Crippen molar-refractivity contribution in [1.82, 2.24) is 4.90 Å². The predicted octanol–water partition coefficient (Wildman–Crippen LogP) is 4.82. The summed E-state index contributed by atoms with van der Waals surface area (Å²) in [7, 11) is 0. The van der Waals surface area contributed by atoms with Crippen LogP contribution in [0.5, 0.6) is 0 Å². The van der Waals surface area contributed by atoms with E-state index >= 15 is 0 Å². The molecule has 0 spiro atoms. The smallest absolute Gasteiger partial charge is 0.414 e. The Bertz CT molecular complexity index is 894. The first kappa shape index (κ1) is 21.8. The van der Waals surface area contributed by atoms with Gasteiger partial charge in [0.1, 0.15) is 11.9 Å². The van der Waals surface area contributed by atoms with E-state index in [9.17, 15) is 9.18 Å². The van der Waals surface area contributed by atoms with Crippen molar-refractivity contribution in [2.75, 3.05) is 31.1 Å². The molecule has 1 amide bonds. The maximum absolute atomic E-state index is 14.9. The van der Waals surface area contributed by atoms with Crippen LogP contribution in [-0.2, 0) is 11.3 Å². The second kappa shape index (κ2) is 9.79. The first-order valence-electron chi connectivity index (χ1n) is 11.3. The van der Waals surface area contributed by atoms with Gasteiger partial charge in [-0.05, 0) is 74.0 Å². The van der Waals surface area contributed by atoms with Gasteiger partial charge in [-0.15, -0.1) is 0 Å². The van der Waals surface area contributed by atoms with Crippen LogP contribution in [0.2, 0.25) is 0 Å². The number of hydrogen-bond donors (Lipinski definition) is 1. The molecule has 6 heteroatoms. The number of nitrogens with zero attached hydrogens (tertiary/aromatic N) is 2. The Kier molecular flexibility index (Phi) is 6.88. The van der Waals surface area contributed by atoms with E-state index in [0.29, 0.717) is 23.7 Å². The highest BCUT2D eigenvalue weighted by atomic mass is 19.1. The molecule has 0 aliphatic carbocycles. The molecule has 31 heavy (non-hydrogen) atoms. The van der Waals surface area contributed by atoms with Crippen LogP contribution in [-0.4, -0.2) is 48.4 Å². The molecular formula is C25H31FN2O3. The number of rotatable bonds is 7. The number of hydrogen-bond acceptors (Lipinski definition) is 4. The van der Waals surface area contributed by atoms with Crippen LogP contribution in [0.1, 0.15) is 38.2 Å². The minimum atomic E-state index is -0.413. The highest BCUT2D eigenvalue weighted by Gasteiger charge is 2.31. The van der Waals surface area contributed by atoms with Crippen molar-refractivity contribution in [3.63, 3.8) is 0 Å². The third-order valence-corrected chi connectivity index (χ3v) is 6.51. The van der Waals surface area contributed by atoms with Crippen LogP contribution >= 0.6 is 0 Å². The van der Waals surface area contributed by atoms with E-state index in [2.05, 4.69) is 17.0 Å². The van der Waals surface area contributed by atoms with E-state index in [1.54, 1.807) is 12.1 Å². The lowest BCUT2D eigenvalue weighted by atomic mass is 9.93. The van der Waals surface area contributed by atoms with Crippen molar-refractivity contribution in [2.24, 2.45) is 5.92 Å². The van der Waals surface area contributed by atoms with Crippen LogP contribution in [0.3, 0.4) is 0 Å². The molecule has 0 aromatic heterocycles. The van der Waals surface area contributed by atoms with Crippen LogP contribution in [0.25, 0.3) is 11.1 Å². The van der Waals surface area contributed by atoms with Gasteiger partial charge in [-0.25, -0.2) is 9.18 Å². The predicted molar refractivity (Wildman–Crippen MR) is 119 cm³/mol. The van der Waals surface area contributed by atoms with Gasteiger partial charge in [0.15, 0.2) is 0 Å². The maximum atomic E-state index is 14.9. The van der Waals surface area contributed by atoms with Crippen LogP contribution in [0, 0.1) is 11.7 Å². The van der Waals surface area contributed by atoms with Gasteiger partial charge in [0, 0.05) is 18.7 Å². The fraction of sp³-hybridized carbons (Fsp3) is 0.480. The van der Waals surface area contributed by atoms with E-state index in [4.69, 9.17) is 9.84 Å². The molecule has 166 valence electrons. The largest absolute Gasteiger partial charge is 0.444 e. The van der Waals surface area contributed by atoms with Crippen molar-refractivity contribution in [2.45, 2.75) is 45.3 Å². The fourth-order valence-electron chi connectivity index (χ4n) is 4.51. The number of cyclic esters (lactones) is 1. The van der Waals surface area contributed by atoms with Crippen LogP contribution < -0.4 is 4.90 Å². The molecule has 4 rings (SSSR count). The summed E-state index contributed by atoms with van der Waals surface area (Å²) < 4.78 is 20.1. The third-order valence-electron chi connectivity index (χ3n) is 6.51. The summed E-state index contributed by atoms with van der Waals surface area (Å²) in [4.78, 5) is 16.0. The van der Waals surface area contributed by atoms with Crippen molar-refractivity contribution >= 4 is 11.8 Å². The average Bonchev–Trinajstić information content (AvgIpc) is 3.17. The maximum Gasteiger partial charge on any atom is 0.414 e. The zero-order valence-electron chi connectivity index (χ0n) is 18.1. The number of likely N-dealkylation sites (tertiary alicyclic amines) is 1. The molecule has 2 aromatic rings. The normalized spacial score (nSPS) is 20.3. The summed E-state index contributed by atoms with van der Waals surface area (Å²) in [6, 6.07) is 13.0. The van der Waals surface area contributed by atoms with Crippen molar-refractivity contribution in [3.05, 3.63) is 53.8 Å². The van der Waals surface area contributed by atoms with Crippen LogP contribution in [0.4, 0.5) is 14.9 Å². The topological polar surface area (TPSA) is 53.0 Å². The molecule has 2 heterocycles. The second-order valence-corrected chi connectivity index (χ2v) is 8.62. The van der Waals surface area contributed by atoms with E-state index < -0.39 is 6.09 Å². The Morgan fingerprint density at radius 1 is 1.13 bits per heavy atom. The average molecular weight is 427 g/mol. The van der Waals surface area contributed by atoms with E-state index in [0.717, 1.165) is 50.9 Å². The molecule has 2 aliphatic heterocycles. The summed E-state index contributed by atoms with van der Waals surface area (Å²) in [5.74, 6) is 0.300. The molecule has 2 aromatic carbocycles. The molecule has 2 fully saturated rings. The quantitative estimate of drug-likeness (QED) is 0.690. The number of benzene rings is 2. The van der Waals surface area contributed by atoms with Gasteiger partial charge in [-0.1, -0.05) is 31.2 Å². The number of aliphatic hydroxyl groups is 1. The molecular weight excluding hydrogens is 395 g/mol. The molecule has 2 saturated heterocycles. The molecule has 0 unspecified atom stereocenters. The lowest BCUT2D eigenvalue weighted by Gasteiger charge is -2.31. The lowest BCUT2D eigenvalue weighted by Crippen LogP contribution is -2.33. The summed E-state index contributed by atoms with van der Waals surface area (Å²) in [6.45, 7) is 5.71.